The summed E-state index contributed by atoms with van der Waals surface area (Å²) in [5, 5.41) is 4.33. The van der Waals surface area contributed by atoms with Crippen molar-refractivity contribution in [3.8, 4) is 0 Å². The summed E-state index contributed by atoms with van der Waals surface area (Å²) in [6.07, 6.45) is 5.53. The minimum atomic E-state index is 0.415. The molecule has 1 heterocycles. The molecule has 1 N–H and O–H groups in total. The van der Waals surface area contributed by atoms with Crippen molar-refractivity contribution >= 4 is 16.7 Å². The molecule has 1 aromatic heterocycles. The van der Waals surface area contributed by atoms with Gasteiger partial charge in [-0.15, -0.1) is 0 Å². The molecular weight excluding hydrogens is 244 g/mol. The van der Waals surface area contributed by atoms with Crippen LogP contribution in [-0.2, 0) is 0 Å². The van der Waals surface area contributed by atoms with E-state index >= 15 is 0 Å². The van der Waals surface area contributed by atoms with E-state index in [4.69, 9.17) is 0 Å². The second kappa shape index (κ2) is 6.48. The van der Waals surface area contributed by atoms with Crippen molar-refractivity contribution in [3.63, 3.8) is 0 Å². The zero-order valence-corrected chi connectivity index (χ0v) is 12.5. The van der Waals surface area contributed by atoms with E-state index in [1.165, 1.54) is 37.2 Å². The molecule has 0 atom stereocenters. The van der Waals surface area contributed by atoms with Gasteiger partial charge in [0.25, 0.3) is 0 Å². The third kappa shape index (κ3) is 3.65. The maximum Gasteiger partial charge on any atom is 0.202 e. The fourth-order valence-corrected chi connectivity index (χ4v) is 3.14. The molecule has 4 nitrogen and oxygen atoms in total. The summed E-state index contributed by atoms with van der Waals surface area (Å²) in [6.45, 7) is 6.29. The van der Waals surface area contributed by atoms with Crippen LogP contribution in [0.5, 0.6) is 0 Å². The molecule has 1 fully saturated rings. The highest BCUT2D eigenvalue weighted by Gasteiger charge is 2.18. The fourth-order valence-electron chi connectivity index (χ4n) is 2.41. The molecule has 0 unspecified atom stereocenters. The third-order valence-electron chi connectivity index (χ3n) is 3.65. The van der Waals surface area contributed by atoms with Gasteiger partial charge in [-0.3, -0.25) is 0 Å². The highest BCUT2D eigenvalue weighted by Crippen LogP contribution is 2.22. The Morgan fingerprint density at radius 1 is 1.39 bits per heavy atom. The molecule has 0 spiro atoms. The van der Waals surface area contributed by atoms with Gasteiger partial charge in [-0.2, -0.15) is 4.37 Å². The quantitative estimate of drug-likeness (QED) is 0.861. The summed E-state index contributed by atoms with van der Waals surface area (Å²) in [5.74, 6) is 1.37. The number of hydrogen-bond acceptors (Lipinski definition) is 5. The Balaban J connectivity index is 1.70. The molecule has 102 valence electrons. The predicted molar refractivity (Wildman–Crippen MR) is 77.4 cm³/mol. The average molecular weight is 268 g/mol. The Morgan fingerprint density at radius 3 is 2.72 bits per heavy atom. The van der Waals surface area contributed by atoms with Crippen LogP contribution in [-0.4, -0.2) is 40.4 Å². The van der Waals surface area contributed by atoms with Gasteiger partial charge < -0.3 is 10.2 Å². The van der Waals surface area contributed by atoms with Crippen molar-refractivity contribution in [1.82, 2.24) is 14.3 Å². The summed E-state index contributed by atoms with van der Waals surface area (Å²) in [4.78, 5) is 6.96. The summed E-state index contributed by atoms with van der Waals surface area (Å²) in [6, 6.07) is 0.799. The van der Waals surface area contributed by atoms with Gasteiger partial charge in [-0.25, -0.2) is 4.98 Å². The van der Waals surface area contributed by atoms with Crippen molar-refractivity contribution in [2.75, 3.05) is 25.5 Å². The van der Waals surface area contributed by atoms with E-state index < -0.39 is 0 Å². The standard InChI is InChI=1S/C13H24N4S/c1-10(2)12-15-13(18-16-12)14-8-9-17(3)11-6-4-5-7-11/h10-11H,4-9H2,1-3H3,(H,14,15,16). The first-order valence-electron chi connectivity index (χ1n) is 6.94. The molecular formula is C13H24N4S. The minimum Gasteiger partial charge on any atom is -0.359 e. The van der Waals surface area contributed by atoms with Crippen molar-refractivity contribution in [1.29, 1.82) is 0 Å². The van der Waals surface area contributed by atoms with Crippen molar-refractivity contribution < 1.29 is 0 Å². The van der Waals surface area contributed by atoms with E-state index in [1.807, 2.05) is 0 Å². The molecule has 5 heteroatoms. The predicted octanol–water partition coefficient (Wildman–Crippen LogP) is 2.95. The Labute approximate surface area is 114 Å². The average Bonchev–Trinajstić information content (AvgIpc) is 3.00. The SMILES string of the molecule is CC(C)c1nsc(NCCN(C)C2CCCC2)n1. The molecule has 2 rings (SSSR count). The van der Waals surface area contributed by atoms with E-state index in [9.17, 15) is 0 Å². The Hall–Kier alpha value is -0.680. The lowest BCUT2D eigenvalue weighted by atomic mass is 10.2. The van der Waals surface area contributed by atoms with E-state index in [1.54, 1.807) is 0 Å². The van der Waals surface area contributed by atoms with Crippen LogP contribution in [0.2, 0.25) is 0 Å². The van der Waals surface area contributed by atoms with Crippen LogP contribution in [0.3, 0.4) is 0 Å². The number of anilines is 1. The molecule has 1 saturated carbocycles. The van der Waals surface area contributed by atoms with Gasteiger partial charge in [0.1, 0.15) is 5.82 Å². The highest BCUT2D eigenvalue weighted by molar-refractivity contribution is 7.09. The first-order chi connectivity index (χ1) is 8.66. The van der Waals surface area contributed by atoms with Crippen LogP contribution in [0, 0.1) is 0 Å². The van der Waals surface area contributed by atoms with Gasteiger partial charge in [-0.1, -0.05) is 26.7 Å². The summed E-state index contributed by atoms with van der Waals surface area (Å²) in [5.41, 5.74) is 0. The second-order valence-electron chi connectivity index (χ2n) is 5.46. The molecule has 0 aromatic carbocycles. The zero-order chi connectivity index (χ0) is 13.0. The largest absolute Gasteiger partial charge is 0.359 e. The van der Waals surface area contributed by atoms with Crippen LogP contribution < -0.4 is 5.32 Å². The zero-order valence-electron chi connectivity index (χ0n) is 11.6. The fraction of sp³-hybridized carbons (Fsp3) is 0.846. The van der Waals surface area contributed by atoms with Crippen LogP contribution in [0.25, 0.3) is 0 Å². The maximum absolute atomic E-state index is 4.48. The van der Waals surface area contributed by atoms with Crippen LogP contribution >= 0.6 is 11.5 Å². The number of nitrogens with zero attached hydrogens (tertiary/aromatic N) is 3. The number of hydrogen-bond donors (Lipinski definition) is 1. The molecule has 0 amide bonds. The number of nitrogens with one attached hydrogen (secondary N) is 1. The van der Waals surface area contributed by atoms with Gasteiger partial charge in [-0.05, 0) is 19.9 Å². The lowest BCUT2D eigenvalue weighted by Crippen LogP contribution is -2.33. The number of likely N-dealkylation sites (N-methyl/N-ethyl adjacent to an activating group) is 1. The third-order valence-corrected chi connectivity index (χ3v) is 4.33. The first-order valence-corrected chi connectivity index (χ1v) is 7.72. The molecule has 1 aliphatic carbocycles. The van der Waals surface area contributed by atoms with Gasteiger partial charge in [0, 0.05) is 36.6 Å². The van der Waals surface area contributed by atoms with Crippen LogP contribution in [0.1, 0.15) is 51.3 Å². The maximum atomic E-state index is 4.48. The second-order valence-corrected chi connectivity index (χ2v) is 6.21. The lowest BCUT2D eigenvalue weighted by Gasteiger charge is -2.23. The molecule has 0 bridgehead atoms. The summed E-state index contributed by atoms with van der Waals surface area (Å²) >= 11 is 1.47. The van der Waals surface area contributed by atoms with Crippen molar-refractivity contribution in [3.05, 3.63) is 5.82 Å². The highest BCUT2D eigenvalue weighted by atomic mass is 32.1. The Bertz CT molecular complexity index is 358. The molecule has 1 aliphatic rings. The van der Waals surface area contributed by atoms with Gasteiger partial charge in [0.15, 0.2) is 0 Å². The normalized spacial score (nSPS) is 16.9. The Kier molecular flexibility index (Phi) is 4.95. The van der Waals surface area contributed by atoms with Gasteiger partial charge in [0.05, 0.1) is 0 Å². The van der Waals surface area contributed by atoms with E-state index in [2.05, 4.69) is 40.5 Å². The molecule has 18 heavy (non-hydrogen) atoms. The van der Waals surface area contributed by atoms with E-state index in [-0.39, 0.29) is 0 Å². The number of aromatic nitrogens is 2. The summed E-state index contributed by atoms with van der Waals surface area (Å²) < 4.78 is 4.35. The van der Waals surface area contributed by atoms with Gasteiger partial charge >= 0.3 is 0 Å². The van der Waals surface area contributed by atoms with E-state index in [0.29, 0.717) is 5.92 Å². The lowest BCUT2D eigenvalue weighted by molar-refractivity contribution is 0.254. The first kappa shape index (κ1) is 13.7. The minimum absolute atomic E-state index is 0.415. The van der Waals surface area contributed by atoms with Crippen molar-refractivity contribution in [2.24, 2.45) is 0 Å². The van der Waals surface area contributed by atoms with Crippen LogP contribution in [0.4, 0.5) is 5.13 Å². The smallest absolute Gasteiger partial charge is 0.202 e. The Morgan fingerprint density at radius 2 is 2.11 bits per heavy atom. The monoisotopic (exact) mass is 268 g/mol. The molecule has 0 saturated heterocycles. The van der Waals surface area contributed by atoms with Crippen LogP contribution in [0.15, 0.2) is 0 Å². The molecule has 0 aliphatic heterocycles. The number of rotatable bonds is 6. The molecule has 1 aromatic rings. The van der Waals surface area contributed by atoms with E-state index in [0.717, 1.165) is 30.1 Å². The van der Waals surface area contributed by atoms with Crippen molar-refractivity contribution in [2.45, 2.75) is 51.5 Å². The molecule has 0 radical (unpaired) electrons. The summed E-state index contributed by atoms with van der Waals surface area (Å²) in [7, 11) is 2.23. The topological polar surface area (TPSA) is 41.1 Å². The van der Waals surface area contributed by atoms with Gasteiger partial charge in [0.2, 0.25) is 5.13 Å².